The second kappa shape index (κ2) is 7.22. The van der Waals surface area contributed by atoms with Crippen LogP contribution in [0.1, 0.15) is 32.6 Å². The number of ether oxygens (including phenoxy) is 1. The number of hydrogen-bond donors (Lipinski definition) is 2. The number of nitrogens with two attached hydrogens (primary N) is 1. The molecule has 0 saturated carbocycles. The van der Waals surface area contributed by atoms with Crippen LogP contribution in [0.3, 0.4) is 0 Å². The molecular formula is C14H27N3O2. The fraction of sp³-hybridized carbons (Fsp3) is 0.929. The molecule has 2 rings (SSSR count). The Labute approximate surface area is 115 Å². The van der Waals surface area contributed by atoms with Crippen LogP contribution >= 0.6 is 0 Å². The standard InChI is InChI=1S/C14H27N3O2/c1-11(15)12-2-6-17(7-3-12)10-14(18)16-13-4-8-19-9-5-13/h11-13H,2-10,15H2,1H3,(H,16,18). The molecule has 0 aromatic rings. The lowest BCUT2D eigenvalue weighted by atomic mass is 9.91. The summed E-state index contributed by atoms with van der Waals surface area (Å²) in [5.74, 6) is 0.779. The number of carbonyl (C=O) groups excluding carboxylic acids is 1. The number of carbonyl (C=O) groups is 1. The zero-order valence-electron chi connectivity index (χ0n) is 11.9. The number of amides is 1. The quantitative estimate of drug-likeness (QED) is 0.772. The molecule has 5 heteroatoms. The largest absolute Gasteiger partial charge is 0.381 e. The van der Waals surface area contributed by atoms with Gasteiger partial charge in [-0.2, -0.15) is 0 Å². The second-order valence-electron chi connectivity index (χ2n) is 5.93. The van der Waals surface area contributed by atoms with E-state index in [0.717, 1.165) is 52.0 Å². The number of hydrogen-bond acceptors (Lipinski definition) is 4. The molecule has 2 fully saturated rings. The Morgan fingerprint density at radius 2 is 1.95 bits per heavy atom. The Kier molecular flexibility index (Phi) is 5.60. The SMILES string of the molecule is CC(N)C1CCN(CC(=O)NC2CCOCC2)CC1. The van der Waals surface area contributed by atoms with Gasteiger partial charge in [-0.3, -0.25) is 9.69 Å². The van der Waals surface area contributed by atoms with Crippen LogP contribution in [0, 0.1) is 5.92 Å². The highest BCUT2D eigenvalue weighted by molar-refractivity contribution is 5.78. The molecule has 0 spiro atoms. The Morgan fingerprint density at radius 3 is 2.53 bits per heavy atom. The first-order chi connectivity index (χ1) is 9.15. The minimum Gasteiger partial charge on any atom is -0.381 e. The van der Waals surface area contributed by atoms with Crippen LogP contribution in [0.5, 0.6) is 0 Å². The Balaban J connectivity index is 1.65. The van der Waals surface area contributed by atoms with Crippen molar-refractivity contribution in [3.8, 4) is 0 Å². The molecule has 1 atom stereocenters. The average molecular weight is 269 g/mol. The van der Waals surface area contributed by atoms with E-state index in [1.165, 1.54) is 0 Å². The third-order valence-electron chi connectivity index (χ3n) is 4.33. The van der Waals surface area contributed by atoms with Crippen LogP contribution in [0.4, 0.5) is 0 Å². The predicted molar refractivity (Wildman–Crippen MR) is 74.8 cm³/mol. The van der Waals surface area contributed by atoms with Crippen molar-refractivity contribution < 1.29 is 9.53 Å². The van der Waals surface area contributed by atoms with Crippen LogP contribution in [-0.4, -0.2) is 55.7 Å². The maximum absolute atomic E-state index is 12.0. The molecule has 0 aliphatic carbocycles. The lowest BCUT2D eigenvalue weighted by Crippen LogP contribution is -2.47. The third kappa shape index (κ3) is 4.75. The van der Waals surface area contributed by atoms with E-state index in [0.29, 0.717) is 18.5 Å². The van der Waals surface area contributed by atoms with E-state index in [2.05, 4.69) is 17.1 Å². The second-order valence-corrected chi connectivity index (χ2v) is 5.93. The summed E-state index contributed by atoms with van der Waals surface area (Å²) in [5, 5.41) is 3.11. The monoisotopic (exact) mass is 269 g/mol. The predicted octanol–water partition coefficient (Wildman–Crippen LogP) is 0.341. The van der Waals surface area contributed by atoms with Crippen molar-refractivity contribution in [3.63, 3.8) is 0 Å². The molecular weight excluding hydrogens is 242 g/mol. The van der Waals surface area contributed by atoms with Gasteiger partial charge in [0.25, 0.3) is 0 Å². The van der Waals surface area contributed by atoms with Crippen LogP contribution in [0.15, 0.2) is 0 Å². The minimum absolute atomic E-state index is 0.158. The van der Waals surface area contributed by atoms with Gasteiger partial charge in [0, 0.05) is 25.3 Å². The summed E-state index contributed by atoms with van der Waals surface area (Å²) in [4.78, 5) is 14.2. The lowest BCUT2D eigenvalue weighted by molar-refractivity contribution is -0.123. The topological polar surface area (TPSA) is 67.6 Å². The van der Waals surface area contributed by atoms with Gasteiger partial charge in [-0.25, -0.2) is 0 Å². The molecule has 110 valence electrons. The van der Waals surface area contributed by atoms with E-state index in [1.807, 2.05) is 0 Å². The van der Waals surface area contributed by atoms with E-state index in [9.17, 15) is 4.79 Å². The Hall–Kier alpha value is -0.650. The van der Waals surface area contributed by atoms with E-state index in [-0.39, 0.29) is 11.9 Å². The summed E-state index contributed by atoms with van der Waals surface area (Å²) in [6.45, 7) is 6.14. The summed E-state index contributed by atoms with van der Waals surface area (Å²) in [6, 6.07) is 0.584. The van der Waals surface area contributed by atoms with Gasteiger partial charge in [-0.1, -0.05) is 0 Å². The molecule has 19 heavy (non-hydrogen) atoms. The molecule has 0 bridgehead atoms. The molecule has 1 unspecified atom stereocenters. The molecule has 1 amide bonds. The first kappa shape index (κ1) is 14.8. The summed E-state index contributed by atoms with van der Waals surface area (Å²) in [6.07, 6.45) is 4.11. The molecule has 2 aliphatic rings. The molecule has 3 N–H and O–H groups in total. The van der Waals surface area contributed by atoms with Crippen LogP contribution in [-0.2, 0) is 9.53 Å². The van der Waals surface area contributed by atoms with Gasteiger partial charge in [0.2, 0.25) is 5.91 Å². The fourth-order valence-electron chi connectivity index (χ4n) is 2.96. The van der Waals surface area contributed by atoms with Gasteiger partial charge in [-0.15, -0.1) is 0 Å². The highest BCUT2D eigenvalue weighted by atomic mass is 16.5. The van der Waals surface area contributed by atoms with Crippen molar-refractivity contribution in [3.05, 3.63) is 0 Å². The molecule has 0 aromatic carbocycles. The van der Waals surface area contributed by atoms with Gasteiger partial charge >= 0.3 is 0 Å². The first-order valence-electron chi connectivity index (χ1n) is 7.50. The minimum atomic E-state index is 0.158. The molecule has 0 radical (unpaired) electrons. The summed E-state index contributed by atoms with van der Waals surface area (Å²) in [7, 11) is 0. The fourth-order valence-corrected chi connectivity index (χ4v) is 2.96. The maximum atomic E-state index is 12.0. The van der Waals surface area contributed by atoms with E-state index in [1.54, 1.807) is 0 Å². The third-order valence-corrected chi connectivity index (χ3v) is 4.33. The lowest BCUT2D eigenvalue weighted by Gasteiger charge is -2.33. The number of rotatable bonds is 4. The van der Waals surface area contributed by atoms with Crippen molar-refractivity contribution >= 4 is 5.91 Å². The summed E-state index contributed by atoms with van der Waals surface area (Å²) < 4.78 is 5.29. The number of nitrogens with zero attached hydrogens (tertiary/aromatic N) is 1. The Bertz CT molecular complexity index is 282. The van der Waals surface area contributed by atoms with Crippen LogP contribution in [0.2, 0.25) is 0 Å². The smallest absolute Gasteiger partial charge is 0.234 e. The van der Waals surface area contributed by atoms with Crippen LogP contribution in [0.25, 0.3) is 0 Å². The van der Waals surface area contributed by atoms with E-state index >= 15 is 0 Å². The van der Waals surface area contributed by atoms with E-state index in [4.69, 9.17) is 10.5 Å². The zero-order chi connectivity index (χ0) is 13.7. The normalized spacial score (nSPS) is 25.2. The van der Waals surface area contributed by atoms with E-state index < -0.39 is 0 Å². The molecule has 0 aromatic heterocycles. The summed E-state index contributed by atoms with van der Waals surface area (Å²) in [5.41, 5.74) is 5.93. The van der Waals surface area contributed by atoms with Crippen molar-refractivity contribution in [2.75, 3.05) is 32.8 Å². The highest BCUT2D eigenvalue weighted by Gasteiger charge is 2.24. The highest BCUT2D eigenvalue weighted by Crippen LogP contribution is 2.19. The van der Waals surface area contributed by atoms with Crippen molar-refractivity contribution in [2.24, 2.45) is 11.7 Å². The van der Waals surface area contributed by atoms with Gasteiger partial charge in [0.05, 0.1) is 6.54 Å². The number of likely N-dealkylation sites (tertiary alicyclic amines) is 1. The van der Waals surface area contributed by atoms with Gasteiger partial charge in [0.15, 0.2) is 0 Å². The Morgan fingerprint density at radius 1 is 1.32 bits per heavy atom. The molecule has 2 aliphatic heterocycles. The van der Waals surface area contributed by atoms with Gasteiger partial charge in [-0.05, 0) is 51.6 Å². The molecule has 5 nitrogen and oxygen atoms in total. The average Bonchev–Trinajstić information content (AvgIpc) is 2.40. The number of nitrogens with one attached hydrogen (secondary N) is 1. The van der Waals surface area contributed by atoms with Crippen LogP contribution < -0.4 is 11.1 Å². The maximum Gasteiger partial charge on any atom is 0.234 e. The summed E-state index contributed by atoms with van der Waals surface area (Å²) >= 11 is 0. The van der Waals surface area contributed by atoms with Crippen molar-refractivity contribution in [2.45, 2.75) is 44.7 Å². The zero-order valence-corrected chi connectivity index (χ0v) is 11.9. The number of piperidine rings is 1. The van der Waals surface area contributed by atoms with Crippen molar-refractivity contribution in [1.82, 2.24) is 10.2 Å². The molecule has 2 saturated heterocycles. The first-order valence-corrected chi connectivity index (χ1v) is 7.50. The van der Waals surface area contributed by atoms with Gasteiger partial charge < -0.3 is 15.8 Å². The molecule has 2 heterocycles. The van der Waals surface area contributed by atoms with Gasteiger partial charge in [0.1, 0.15) is 0 Å². The van der Waals surface area contributed by atoms with Crippen molar-refractivity contribution in [1.29, 1.82) is 0 Å².